The highest BCUT2D eigenvalue weighted by molar-refractivity contribution is 7.92. The maximum atomic E-state index is 13.7. The Morgan fingerprint density at radius 3 is 2.00 bits per heavy atom. The molecule has 4 aromatic rings. The van der Waals surface area contributed by atoms with Crippen molar-refractivity contribution in [2.24, 2.45) is 0 Å². The highest BCUT2D eigenvalue weighted by atomic mass is 35.5. The number of halogens is 1. The normalized spacial score (nSPS) is 17.9. The zero-order valence-electron chi connectivity index (χ0n) is 18.9. The molecule has 1 aliphatic heterocycles. The smallest absolute Gasteiger partial charge is 0.264 e. The second-order valence-corrected chi connectivity index (χ2v) is 10.7. The van der Waals surface area contributed by atoms with Crippen molar-refractivity contribution in [3.05, 3.63) is 126 Å². The van der Waals surface area contributed by atoms with E-state index >= 15 is 0 Å². The third kappa shape index (κ3) is 5.05. The molecule has 5 rings (SSSR count). The third-order valence-electron chi connectivity index (χ3n) is 6.04. The predicted octanol–water partition coefficient (Wildman–Crippen LogP) is 6.49. The van der Waals surface area contributed by atoms with Crippen LogP contribution in [-0.4, -0.2) is 21.1 Å². The van der Waals surface area contributed by atoms with E-state index in [-0.39, 0.29) is 23.6 Å². The van der Waals surface area contributed by atoms with E-state index in [0.717, 1.165) is 11.3 Å². The summed E-state index contributed by atoms with van der Waals surface area (Å²) in [5, 5.41) is 2.39. The van der Waals surface area contributed by atoms with Crippen molar-refractivity contribution in [1.82, 2.24) is 0 Å². The van der Waals surface area contributed by atoms with E-state index < -0.39 is 10.0 Å². The summed E-state index contributed by atoms with van der Waals surface area (Å²) < 4.78 is 28.9. The van der Waals surface area contributed by atoms with Crippen molar-refractivity contribution < 1.29 is 13.3 Å². The molecule has 0 radical (unpaired) electrons. The summed E-state index contributed by atoms with van der Waals surface area (Å²) in [7, 11) is -3.85. The Labute approximate surface area is 211 Å². The van der Waals surface area contributed by atoms with Gasteiger partial charge in [0.15, 0.2) is 0 Å². The summed E-state index contributed by atoms with van der Waals surface area (Å²) in [5.41, 5.74) is 2.63. The maximum Gasteiger partial charge on any atom is 0.264 e. The van der Waals surface area contributed by atoms with Gasteiger partial charge >= 0.3 is 0 Å². The number of sulfonamides is 1. The molecule has 1 heterocycles. The van der Waals surface area contributed by atoms with Gasteiger partial charge in [0, 0.05) is 11.4 Å². The van der Waals surface area contributed by atoms with E-state index in [1.165, 1.54) is 16.4 Å². The Morgan fingerprint density at radius 1 is 0.800 bits per heavy atom. The summed E-state index contributed by atoms with van der Waals surface area (Å²) in [4.78, 5) is 6.61. The molecule has 0 aliphatic carbocycles. The second kappa shape index (κ2) is 10.1. The molecule has 0 saturated carbocycles. The van der Waals surface area contributed by atoms with Crippen LogP contribution in [0.3, 0.4) is 0 Å². The average Bonchev–Trinajstić information content (AvgIpc) is 3.33. The highest BCUT2D eigenvalue weighted by Gasteiger charge is 2.38. The number of hydrogen-bond donors (Lipinski definition) is 0. The number of rotatable bonds is 7. The van der Waals surface area contributed by atoms with Crippen LogP contribution in [0.1, 0.15) is 18.0 Å². The Bertz CT molecular complexity index is 1300. The quantitative estimate of drug-likeness (QED) is 0.289. The Kier molecular flexibility index (Phi) is 6.77. The zero-order valence-corrected chi connectivity index (χ0v) is 20.5. The summed E-state index contributed by atoms with van der Waals surface area (Å²) in [6.45, 7) is 0.168. The van der Waals surface area contributed by atoms with Crippen molar-refractivity contribution in [1.29, 1.82) is 0 Å². The lowest BCUT2D eigenvalue weighted by Gasteiger charge is -2.28. The van der Waals surface area contributed by atoms with E-state index in [0.29, 0.717) is 17.1 Å². The number of hydroxylamine groups is 1. The molecule has 178 valence electrons. The van der Waals surface area contributed by atoms with Crippen LogP contribution in [-0.2, 0) is 14.9 Å². The Hall–Kier alpha value is -3.32. The second-order valence-electron chi connectivity index (χ2n) is 8.38. The molecule has 7 heteroatoms. The number of anilines is 2. The molecule has 1 aliphatic rings. The van der Waals surface area contributed by atoms with Crippen molar-refractivity contribution in [2.75, 3.05) is 15.9 Å². The van der Waals surface area contributed by atoms with Gasteiger partial charge in [-0.15, -0.1) is 0 Å². The van der Waals surface area contributed by atoms with Gasteiger partial charge in [0.2, 0.25) is 0 Å². The minimum absolute atomic E-state index is 0.0422. The zero-order chi connectivity index (χ0) is 24.3. The molecule has 4 aromatic carbocycles. The van der Waals surface area contributed by atoms with Gasteiger partial charge in [-0.05, 0) is 54.1 Å². The fraction of sp³-hybridized carbons (Fsp3) is 0.143. The topological polar surface area (TPSA) is 49.9 Å². The summed E-state index contributed by atoms with van der Waals surface area (Å²) in [6, 6.07) is 35.4. The van der Waals surface area contributed by atoms with Crippen LogP contribution in [0.15, 0.2) is 120 Å². The van der Waals surface area contributed by atoms with E-state index in [9.17, 15) is 8.42 Å². The fourth-order valence-corrected chi connectivity index (χ4v) is 5.97. The highest BCUT2D eigenvalue weighted by Crippen LogP contribution is 2.39. The van der Waals surface area contributed by atoms with Gasteiger partial charge in [0.05, 0.1) is 28.9 Å². The van der Waals surface area contributed by atoms with Gasteiger partial charge in [-0.2, -0.15) is 0 Å². The molecule has 0 spiro atoms. The van der Waals surface area contributed by atoms with Crippen LogP contribution < -0.4 is 9.37 Å². The van der Waals surface area contributed by atoms with Gasteiger partial charge in [0.1, 0.15) is 6.10 Å². The van der Waals surface area contributed by atoms with Crippen LogP contribution >= 0.6 is 11.6 Å². The van der Waals surface area contributed by atoms with Crippen LogP contribution in [0.2, 0.25) is 5.02 Å². The molecule has 0 aromatic heterocycles. The molecule has 0 N–H and O–H groups in total. The SMILES string of the molecule is O=S(=O)(c1ccc(Cl)cc1)N(CC1CC(c2ccccc2)N(c2ccccc2)O1)c1ccccc1. The van der Waals surface area contributed by atoms with Crippen molar-refractivity contribution in [2.45, 2.75) is 23.5 Å². The van der Waals surface area contributed by atoms with Gasteiger partial charge in [-0.25, -0.2) is 13.5 Å². The number of hydrogen-bond acceptors (Lipinski definition) is 4. The molecule has 35 heavy (non-hydrogen) atoms. The third-order valence-corrected chi connectivity index (χ3v) is 8.10. The van der Waals surface area contributed by atoms with Crippen molar-refractivity contribution in [3.8, 4) is 0 Å². The van der Waals surface area contributed by atoms with Crippen LogP contribution in [0.5, 0.6) is 0 Å². The molecule has 2 unspecified atom stereocenters. The summed E-state index contributed by atoms with van der Waals surface area (Å²) >= 11 is 6.01. The van der Waals surface area contributed by atoms with Crippen LogP contribution in [0, 0.1) is 0 Å². The first-order chi connectivity index (χ1) is 17.0. The van der Waals surface area contributed by atoms with Gasteiger partial charge < -0.3 is 0 Å². The lowest BCUT2D eigenvalue weighted by Crippen LogP contribution is -2.38. The molecule has 2 atom stereocenters. The Morgan fingerprint density at radius 2 is 1.37 bits per heavy atom. The van der Waals surface area contributed by atoms with Crippen LogP contribution in [0.25, 0.3) is 0 Å². The first-order valence-electron chi connectivity index (χ1n) is 11.4. The monoisotopic (exact) mass is 504 g/mol. The standard InChI is InChI=1S/C28H25ClN2O3S/c29-23-16-18-27(19-17-23)35(32,33)30(24-12-6-2-7-13-24)21-26-20-28(22-10-4-1-5-11-22)31(34-26)25-14-8-3-9-15-25/h1-19,26,28H,20-21H2. The van der Waals surface area contributed by atoms with Gasteiger partial charge in [0.25, 0.3) is 10.0 Å². The fourth-order valence-electron chi connectivity index (χ4n) is 4.35. The average molecular weight is 505 g/mol. The summed E-state index contributed by atoms with van der Waals surface area (Å²) in [6.07, 6.45) is 0.279. The molecular formula is C28H25ClN2O3S. The van der Waals surface area contributed by atoms with Crippen LogP contribution in [0.4, 0.5) is 11.4 Å². The lowest BCUT2D eigenvalue weighted by molar-refractivity contribution is 0.0898. The van der Waals surface area contributed by atoms with E-state index in [1.54, 1.807) is 24.3 Å². The number of nitrogens with zero attached hydrogens (tertiary/aromatic N) is 2. The molecule has 5 nitrogen and oxygen atoms in total. The molecule has 1 saturated heterocycles. The molecule has 0 bridgehead atoms. The van der Waals surface area contributed by atoms with E-state index in [2.05, 4.69) is 12.1 Å². The largest absolute Gasteiger partial charge is 0.268 e. The molecular weight excluding hydrogens is 480 g/mol. The minimum Gasteiger partial charge on any atom is -0.268 e. The maximum absolute atomic E-state index is 13.7. The first-order valence-corrected chi connectivity index (χ1v) is 13.2. The predicted molar refractivity (Wildman–Crippen MR) is 140 cm³/mol. The number of benzene rings is 4. The number of para-hydroxylation sites is 2. The lowest BCUT2D eigenvalue weighted by atomic mass is 10.0. The van der Waals surface area contributed by atoms with Crippen molar-refractivity contribution >= 4 is 33.0 Å². The van der Waals surface area contributed by atoms with Crippen molar-refractivity contribution in [3.63, 3.8) is 0 Å². The van der Waals surface area contributed by atoms with E-state index in [4.69, 9.17) is 16.4 Å². The Balaban J connectivity index is 1.49. The molecule has 0 amide bonds. The summed E-state index contributed by atoms with van der Waals surface area (Å²) in [5.74, 6) is 0. The first kappa shape index (κ1) is 23.4. The van der Waals surface area contributed by atoms with E-state index in [1.807, 2.05) is 71.8 Å². The van der Waals surface area contributed by atoms with Gasteiger partial charge in [-0.1, -0.05) is 78.3 Å². The van der Waals surface area contributed by atoms with Gasteiger partial charge in [-0.3, -0.25) is 9.14 Å². The molecule has 1 fully saturated rings. The minimum atomic E-state index is -3.85.